The Bertz CT molecular complexity index is 1040. The highest BCUT2D eigenvalue weighted by Gasteiger charge is 2.42. The maximum atomic E-state index is 13.7. The molecule has 0 bridgehead atoms. The molecule has 0 amide bonds. The predicted molar refractivity (Wildman–Crippen MR) is 104 cm³/mol. The number of nitro groups is 2. The third kappa shape index (κ3) is 5.08. The molecule has 0 heterocycles. The van der Waals surface area contributed by atoms with Gasteiger partial charge in [0, 0.05) is 21.6 Å². The summed E-state index contributed by atoms with van der Waals surface area (Å²) >= 11 is 5.74. The van der Waals surface area contributed by atoms with Crippen molar-refractivity contribution in [2.24, 2.45) is 0 Å². The minimum absolute atomic E-state index is 0.136. The first-order chi connectivity index (χ1) is 14.1. The summed E-state index contributed by atoms with van der Waals surface area (Å²) < 4.78 is 79.7. The summed E-state index contributed by atoms with van der Waals surface area (Å²) in [7, 11) is 0. The zero-order valence-corrected chi connectivity index (χ0v) is 18.2. The number of alkyl halides is 6. The van der Waals surface area contributed by atoms with E-state index < -0.39 is 50.4 Å². The molecule has 168 valence electrons. The van der Waals surface area contributed by atoms with Crippen LogP contribution in [0.5, 0.6) is 0 Å². The molecule has 2 rings (SSSR count). The number of nitro benzene ring substituents is 2. The highest BCUT2D eigenvalue weighted by Crippen LogP contribution is 2.50. The third-order valence-electron chi connectivity index (χ3n) is 3.99. The van der Waals surface area contributed by atoms with Crippen molar-refractivity contribution in [2.75, 3.05) is 11.4 Å². The number of benzene rings is 2. The fourth-order valence-corrected chi connectivity index (χ4v) is 4.38. The number of hydrogen-bond acceptors (Lipinski definition) is 5. The van der Waals surface area contributed by atoms with Gasteiger partial charge in [-0.25, -0.2) is 0 Å². The normalized spacial score (nSPS) is 12.0. The van der Waals surface area contributed by atoms with Crippen LogP contribution < -0.4 is 4.90 Å². The van der Waals surface area contributed by atoms with E-state index in [0.29, 0.717) is 18.2 Å². The lowest BCUT2D eigenvalue weighted by atomic mass is 10.1. The molecule has 7 nitrogen and oxygen atoms in total. The molecule has 0 atom stereocenters. The molecule has 0 N–H and O–H groups in total. The van der Waals surface area contributed by atoms with Gasteiger partial charge in [-0.05, 0) is 50.9 Å². The standard InChI is InChI=1S/C16H9Br2F6N3O4/c1-2-25(14-10(17)3-7(4-11(14)18)15(19,20)21)13-9(16(22,23)24)5-8(26(28)29)6-12(13)27(30)31/h3-6H,2H2,1H3. The van der Waals surface area contributed by atoms with Crippen LogP contribution in [0.3, 0.4) is 0 Å². The summed E-state index contributed by atoms with van der Waals surface area (Å²) in [5.74, 6) is 0. The van der Waals surface area contributed by atoms with E-state index in [1.165, 1.54) is 6.92 Å². The second kappa shape index (κ2) is 8.61. The molecule has 0 saturated heterocycles. The molecule has 15 heteroatoms. The summed E-state index contributed by atoms with van der Waals surface area (Å²) in [6, 6.07) is 1.70. The van der Waals surface area contributed by atoms with Crippen LogP contribution in [0.1, 0.15) is 18.1 Å². The van der Waals surface area contributed by atoms with Crippen LogP contribution in [0.15, 0.2) is 33.2 Å². The van der Waals surface area contributed by atoms with Gasteiger partial charge in [-0.1, -0.05) is 0 Å². The van der Waals surface area contributed by atoms with E-state index in [1.807, 2.05) is 0 Å². The zero-order chi connectivity index (χ0) is 23.9. The molecule has 0 aliphatic rings. The van der Waals surface area contributed by atoms with E-state index in [4.69, 9.17) is 0 Å². The van der Waals surface area contributed by atoms with Crippen molar-refractivity contribution in [3.63, 3.8) is 0 Å². The Morgan fingerprint density at radius 3 is 1.74 bits per heavy atom. The molecule has 31 heavy (non-hydrogen) atoms. The summed E-state index contributed by atoms with van der Waals surface area (Å²) in [6.45, 7) is 0.951. The highest BCUT2D eigenvalue weighted by atomic mass is 79.9. The van der Waals surface area contributed by atoms with Crippen LogP contribution in [0.2, 0.25) is 0 Å². The summed E-state index contributed by atoms with van der Waals surface area (Å²) in [6.07, 6.45) is -10.0. The smallest absolute Gasteiger partial charge is 0.334 e. The van der Waals surface area contributed by atoms with Crippen LogP contribution >= 0.6 is 31.9 Å². The molecule has 0 aromatic heterocycles. The van der Waals surface area contributed by atoms with Crippen molar-refractivity contribution in [2.45, 2.75) is 19.3 Å². The maximum absolute atomic E-state index is 13.7. The Hall–Kier alpha value is -2.42. The van der Waals surface area contributed by atoms with Gasteiger partial charge in [-0.15, -0.1) is 0 Å². The number of nitrogens with zero attached hydrogens (tertiary/aromatic N) is 3. The zero-order valence-electron chi connectivity index (χ0n) is 15.0. The maximum Gasteiger partial charge on any atom is 0.418 e. The molecule has 2 aromatic rings. The van der Waals surface area contributed by atoms with Gasteiger partial charge in [-0.3, -0.25) is 20.2 Å². The van der Waals surface area contributed by atoms with E-state index in [-0.39, 0.29) is 27.2 Å². The minimum atomic E-state index is -5.25. The molecule has 0 saturated carbocycles. The Morgan fingerprint density at radius 1 is 0.871 bits per heavy atom. The first-order valence-electron chi connectivity index (χ1n) is 7.97. The first-order valence-corrected chi connectivity index (χ1v) is 9.56. The van der Waals surface area contributed by atoms with E-state index in [0.717, 1.165) is 4.90 Å². The van der Waals surface area contributed by atoms with Crippen molar-refractivity contribution in [3.05, 3.63) is 64.6 Å². The molecule has 0 aliphatic carbocycles. The monoisotopic (exact) mass is 579 g/mol. The van der Waals surface area contributed by atoms with Gasteiger partial charge in [0.25, 0.3) is 11.4 Å². The predicted octanol–water partition coefficient (Wildman–Crippen LogP) is 7.22. The van der Waals surface area contributed by atoms with Crippen LogP contribution in [-0.4, -0.2) is 16.4 Å². The topological polar surface area (TPSA) is 89.5 Å². The fraction of sp³-hybridized carbons (Fsp3) is 0.250. The third-order valence-corrected chi connectivity index (χ3v) is 5.20. The van der Waals surface area contributed by atoms with E-state index in [1.54, 1.807) is 0 Å². The minimum Gasteiger partial charge on any atom is -0.334 e. The van der Waals surface area contributed by atoms with E-state index >= 15 is 0 Å². The first kappa shape index (κ1) is 24.8. The van der Waals surface area contributed by atoms with Crippen molar-refractivity contribution in [1.29, 1.82) is 0 Å². The molecule has 0 spiro atoms. The second-order valence-electron chi connectivity index (χ2n) is 5.90. The Kier molecular flexibility index (Phi) is 6.90. The number of rotatable bonds is 5. The summed E-state index contributed by atoms with van der Waals surface area (Å²) in [5.41, 5.74) is -6.52. The molecular formula is C16H9Br2F6N3O4. The van der Waals surface area contributed by atoms with Crippen molar-refractivity contribution in [3.8, 4) is 0 Å². The van der Waals surface area contributed by atoms with Gasteiger partial charge < -0.3 is 4.90 Å². The molecule has 0 radical (unpaired) electrons. The molecule has 0 aliphatic heterocycles. The van der Waals surface area contributed by atoms with Crippen molar-refractivity contribution >= 4 is 54.6 Å². The van der Waals surface area contributed by atoms with Gasteiger partial charge in [0.2, 0.25) is 0 Å². The Morgan fingerprint density at radius 2 is 1.39 bits per heavy atom. The second-order valence-corrected chi connectivity index (χ2v) is 7.61. The van der Waals surface area contributed by atoms with Gasteiger partial charge in [0.1, 0.15) is 5.69 Å². The number of anilines is 2. The molecule has 2 aromatic carbocycles. The van der Waals surface area contributed by atoms with E-state index in [9.17, 15) is 46.6 Å². The van der Waals surface area contributed by atoms with Gasteiger partial charge in [0.15, 0.2) is 0 Å². The SMILES string of the molecule is CCN(c1c(Br)cc(C(F)(F)F)cc1Br)c1c([N+](=O)[O-])cc([N+](=O)[O-])cc1C(F)(F)F. The Balaban J connectivity index is 2.93. The highest BCUT2D eigenvalue weighted by molar-refractivity contribution is 9.11. The number of non-ortho nitro benzene ring substituents is 1. The average molecular weight is 581 g/mol. The lowest BCUT2D eigenvalue weighted by Gasteiger charge is -2.28. The van der Waals surface area contributed by atoms with Gasteiger partial charge >= 0.3 is 12.4 Å². The lowest BCUT2D eigenvalue weighted by molar-refractivity contribution is -0.394. The number of hydrogen-bond donors (Lipinski definition) is 0. The largest absolute Gasteiger partial charge is 0.418 e. The van der Waals surface area contributed by atoms with E-state index in [2.05, 4.69) is 31.9 Å². The van der Waals surface area contributed by atoms with Crippen molar-refractivity contribution in [1.82, 2.24) is 0 Å². The number of halogens is 8. The average Bonchev–Trinajstić information content (AvgIpc) is 2.61. The van der Waals surface area contributed by atoms with Crippen LogP contribution in [0.4, 0.5) is 49.1 Å². The Labute approximate surface area is 186 Å². The fourth-order valence-electron chi connectivity index (χ4n) is 2.76. The van der Waals surface area contributed by atoms with Gasteiger partial charge in [0.05, 0.1) is 32.7 Å². The summed E-state index contributed by atoms with van der Waals surface area (Å²) in [5, 5.41) is 22.5. The summed E-state index contributed by atoms with van der Waals surface area (Å²) in [4.78, 5) is 20.8. The van der Waals surface area contributed by atoms with Crippen LogP contribution in [0.25, 0.3) is 0 Å². The van der Waals surface area contributed by atoms with Crippen LogP contribution in [0, 0.1) is 20.2 Å². The van der Waals surface area contributed by atoms with Crippen LogP contribution in [-0.2, 0) is 12.4 Å². The molecule has 0 fully saturated rings. The van der Waals surface area contributed by atoms with Gasteiger partial charge in [-0.2, -0.15) is 26.3 Å². The molecular weight excluding hydrogens is 572 g/mol. The lowest BCUT2D eigenvalue weighted by Crippen LogP contribution is -2.23. The van der Waals surface area contributed by atoms with Crippen molar-refractivity contribution < 1.29 is 36.2 Å². The molecule has 0 unspecified atom stereocenters. The quantitative estimate of drug-likeness (QED) is 0.211.